The Labute approximate surface area is 81.5 Å². The van der Waals surface area contributed by atoms with Crippen LogP contribution in [-0.4, -0.2) is 24.0 Å². The van der Waals surface area contributed by atoms with E-state index in [4.69, 9.17) is 5.26 Å². The van der Waals surface area contributed by atoms with Crippen molar-refractivity contribution in [2.24, 2.45) is 5.92 Å². The Morgan fingerprint density at radius 2 is 1.85 bits per heavy atom. The smallest absolute Gasteiger partial charge is 0.0980 e. The first kappa shape index (κ1) is 10.5. The van der Waals surface area contributed by atoms with E-state index in [0.717, 1.165) is 19.5 Å². The van der Waals surface area contributed by atoms with Gasteiger partial charge in [-0.2, -0.15) is 5.26 Å². The van der Waals surface area contributed by atoms with E-state index in [1.54, 1.807) is 0 Å². The molecule has 1 aliphatic heterocycles. The van der Waals surface area contributed by atoms with Crippen molar-refractivity contribution in [3.05, 3.63) is 0 Å². The molecular weight excluding hydrogens is 160 g/mol. The standard InChI is InChI=1S/C11H20N2/c1-10(2)8-11(9-12)13-6-4-3-5-7-13/h10-11H,3-8H2,1-2H3. The summed E-state index contributed by atoms with van der Waals surface area (Å²) >= 11 is 0. The summed E-state index contributed by atoms with van der Waals surface area (Å²) in [4.78, 5) is 2.35. The fraction of sp³-hybridized carbons (Fsp3) is 0.909. The second-order valence-electron chi connectivity index (χ2n) is 4.37. The summed E-state index contributed by atoms with van der Waals surface area (Å²) in [6.07, 6.45) is 4.92. The van der Waals surface area contributed by atoms with Crippen molar-refractivity contribution < 1.29 is 0 Å². The fourth-order valence-electron chi connectivity index (χ4n) is 1.96. The Morgan fingerprint density at radius 1 is 1.23 bits per heavy atom. The molecule has 0 aromatic heterocycles. The molecule has 1 rings (SSSR count). The molecule has 0 spiro atoms. The van der Waals surface area contributed by atoms with Crippen LogP contribution in [0.1, 0.15) is 39.5 Å². The number of nitrogens with zero attached hydrogens (tertiary/aromatic N) is 2. The molecule has 1 unspecified atom stereocenters. The van der Waals surface area contributed by atoms with Gasteiger partial charge >= 0.3 is 0 Å². The highest BCUT2D eigenvalue weighted by Crippen LogP contribution is 2.16. The molecule has 0 amide bonds. The molecule has 0 saturated carbocycles. The van der Waals surface area contributed by atoms with Crippen LogP contribution in [0.3, 0.4) is 0 Å². The third-order valence-corrected chi connectivity index (χ3v) is 2.68. The molecule has 1 aliphatic rings. The summed E-state index contributed by atoms with van der Waals surface area (Å²) in [5.74, 6) is 0.631. The molecule has 0 aromatic rings. The van der Waals surface area contributed by atoms with Crippen LogP contribution in [0.5, 0.6) is 0 Å². The molecule has 1 fully saturated rings. The van der Waals surface area contributed by atoms with E-state index in [1.165, 1.54) is 19.3 Å². The van der Waals surface area contributed by atoms with Gasteiger partial charge in [-0.3, -0.25) is 4.90 Å². The second-order valence-corrected chi connectivity index (χ2v) is 4.37. The van der Waals surface area contributed by atoms with Crippen LogP contribution < -0.4 is 0 Å². The molecule has 0 aliphatic carbocycles. The Balaban J connectivity index is 2.40. The van der Waals surface area contributed by atoms with Gasteiger partial charge in [-0.05, 0) is 38.3 Å². The third-order valence-electron chi connectivity index (χ3n) is 2.68. The zero-order valence-corrected chi connectivity index (χ0v) is 8.79. The number of piperidine rings is 1. The highest BCUT2D eigenvalue weighted by molar-refractivity contribution is 4.93. The lowest BCUT2D eigenvalue weighted by Gasteiger charge is -2.31. The van der Waals surface area contributed by atoms with Gasteiger partial charge in [0.1, 0.15) is 0 Å². The topological polar surface area (TPSA) is 27.0 Å². The van der Waals surface area contributed by atoms with Crippen molar-refractivity contribution in [1.82, 2.24) is 4.90 Å². The van der Waals surface area contributed by atoms with Crippen molar-refractivity contribution in [3.8, 4) is 6.07 Å². The minimum Gasteiger partial charge on any atom is -0.288 e. The Morgan fingerprint density at radius 3 is 2.31 bits per heavy atom. The molecule has 74 valence electrons. The SMILES string of the molecule is CC(C)CC(C#N)N1CCCCC1. The monoisotopic (exact) mass is 180 g/mol. The lowest BCUT2D eigenvalue weighted by atomic mass is 10.0. The largest absolute Gasteiger partial charge is 0.288 e. The molecule has 0 bridgehead atoms. The first-order valence-corrected chi connectivity index (χ1v) is 5.37. The van der Waals surface area contributed by atoms with Gasteiger partial charge in [0.25, 0.3) is 0 Å². The number of hydrogen-bond donors (Lipinski definition) is 0. The van der Waals surface area contributed by atoms with Gasteiger partial charge in [-0.15, -0.1) is 0 Å². The predicted molar refractivity (Wildman–Crippen MR) is 54.3 cm³/mol. The van der Waals surface area contributed by atoms with E-state index >= 15 is 0 Å². The molecule has 1 atom stereocenters. The lowest BCUT2D eigenvalue weighted by molar-refractivity contribution is 0.178. The van der Waals surface area contributed by atoms with Crippen molar-refractivity contribution in [2.75, 3.05) is 13.1 Å². The molecule has 13 heavy (non-hydrogen) atoms. The number of nitriles is 1. The van der Waals surface area contributed by atoms with Crippen molar-refractivity contribution >= 4 is 0 Å². The second kappa shape index (κ2) is 5.24. The molecule has 1 saturated heterocycles. The van der Waals surface area contributed by atoms with Crippen LogP contribution in [0, 0.1) is 17.2 Å². The summed E-state index contributed by atoms with van der Waals surface area (Å²) in [7, 11) is 0. The predicted octanol–water partition coefficient (Wildman–Crippen LogP) is 2.41. The van der Waals surface area contributed by atoms with E-state index in [9.17, 15) is 0 Å². The van der Waals surface area contributed by atoms with Crippen molar-refractivity contribution in [1.29, 1.82) is 5.26 Å². The van der Waals surface area contributed by atoms with Gasteiger partial charge in [0, 0.05) is 0 Å². The first-order chi connectivity index (χ1) is 6.24. The van der Waals surface area contributed by atoms with E-state index < -0.39 is 0 Å². The highest BCUT2D eigenvalue weighted by atomic mass is 15.2. The Hall–Kier alpha value is -0.550. The molecule has 0 radical (unpaired) electrons. The molecule has 0 aromatic carbocycles. The minimum absolute atomic E-state index is 0.167. The summed E-state index contributed by atoms with van der Waals surface area (Å²) in [6.45, 7) is 6.64. The summed E-state index contributed by atoms with van der Waals surface area (Å²) in [5, 5.41) is 9.04. The van der Waals surface area contributed by atoms with Gasteiger partial charge in [-0.25, -0.2) is 0 Å². The van der Waals surface area contributed by atoms with E-state index in [1.807, 2.05) is 0 Å². The van der Waals surface area contributed by atoms with Crippen LogP contribution in [-0.2, 0) is 0 Å². The van der Waals surface area contributed by atoms with Gasteiger partial charge in [-0.1, -0.05) is 20.3 Å². The van der Waals surface area contributed by atoms with E-state index in [0.29, 0.717) is 5.92 Å². The van der Waals surface area contributed by atoms with Gasteiger partial charge in [0.2, 0.25) is 0 Å². The van der Waals surface area contributed by atoms with Crippen LogP contribution in [0.2, 0.25) is 0 Å². The molecule has 2 nitrogen and oxygen atoms in total. The fourth-order valence-corrected chi connectivity index (χ4v) is 1.96. The average molecular weight is 180 g/mol. The summed E-state index contributed by atoms with van der Waals surface area (Å²) in [6, 6.07) is 2.60. The normalized spacial score (nSPS) is 21.4. The average Bonchev–Trinajstić information content (AvgIpc) is 2.15. The van der Waals surface area contributed by atoms with Crippen molar-refractivity contribution in [3.63, 3.8) is 0 Å². The zero-order valence-electron chi connectivity index (χ0n) is 8.79. The van der Waals surface area contributed by atoms with Crippen LogP contribution in [0.15, 0.2) is 0 Å². The van der Waals surface area contributed by atoms with Crippen LogP contribution in [0.4, 0.5) is 0 Å². The highest BCUT2D eigenvalue weighted by Gasteiger charge is 2.20. The number of rotatable bonds is 3. The summed E-state index contributed by atoms with van der Waals surface area (Å²) < 4.78 is 0. The molecule has 0 N–H and O–H groups in total. The van der Waals surface area contributed by atoms with Gasteiger partial charge in [0.05, 0.1) is 12.1 Å². The van der Waals surface area contributed by atoms with Crippen molar-refractivity contribution in [2.45, 2.75) is 45.6 Å². The number of likely N-dealkylation sites (tertiary alicyclic amines) is 1. The third kappa shape index (κ3) is 3.36. The van der Waals surface area contributed by atoms with Crippen LogP contribution >= 0.6 is 0 Å². The first-order valence-electron chi connectivity index (χ1n) is 5.37. The van der Waals surface area contributed by atoms with Gasteiger partial charge < -0.3 is 0 Å². The summed E-state index contributed by atoms with van der Waals surface area (Å²) in [5.41, 5.74) is 0. The number of hydrogen-bond acceptors (Lipinski definition) is 2. The van der Waals surface area contributed by atoms with E-state index in [-0.39, 0.29) is 6.04 Å². The Bertz CT molecular complexity index is 175. The lowest BCUT2D eigenvalue weighted by Crippen LogP contribution is -2.39. The van der Waals surface area contributed by atoms with Crippen LogP contribution in [0.25, 0.3) is 0 Å². The molecule has 2 heteroatoms. The maximum Gasteiger partial charge on any atom is 0.0980 e. The maximum absolute atomic E-state index is 9.04. The minimum atomic E-state index is 0.167. The quantitative estimate of drug-likeness (QED) is 0.667. The maximum atomic E-state index is 9.04. The molecule has 1 heterocycles. The molecular formula is C11H20N2. The van der Waals surface area contributed by atoms with Gasteiger partial charge in [0.15, 0.2) is 0 Å². The Kier molecular flexibility index (Phi) is 4.24. The zero-order chi connectivity index (χ0) is 9.68. The van der Waals surface area contributed by atoms with E-state index in [2.05, 4.69) is 24.8 Å².